The third kappa shape index (κ3) is 1.38. The van der Waals surface area contributed by atoms with Crippen molar-refractivity contribution < 1.29 is 0 Å². The fourth-order valence-corrected chi connectivity index (χ4v) is 3.96. The summed E-state index contributed by atoms with van der Waals surface area (Å²) in [5, 5.41) is 1.43. The summed E-state index contributed by atoms with van der Waals surface area (Å²) >= 11 is 3.66. The molecule has 2 aromatic rings. The van der Waals surface area contributed by atoms with E-state index >= 15 is 0 Å². The molecule has 1 aliphatic carbocycles. The predicted octanol–water partition coefficient (Wildman–Crippen LogP) is 3.34. The molecule has 94 valence electrons. The van der Waals surface area contributed by atoms with Crippen molar-refractivity contribution in [2.24, 2.45) is 5.73 Å². The molecule has 0 bridgehead atoms. The molecule has 18 heavy (non-hydrogen) atoms. The van der Waals surface area contributed by atoms with Crippen LogP contribution in [-0.2, 0) is 18.4 Å². The van der Waals surface area contributed by atoms with Gasteiger partial charge in [0.1, 0.15) is 0 Å². The summed E-state index contributed by atoms with van der Waals surface area (Å²) in [6, 6.07) is 4.56. The van der Waals surface area contributed by atoms with Crippen molar-refractivity contribution in [1.82, 2.24) is 4.57 Å². The third-order valence-corrected chi connectivity index (χ3v) is 5.13. The van der Waals surface area contributed by atoms with Crippen molar-refractivity contribution in [3.63, 3.8) is 0 Å². The van der Waals surface area contributed by atoms with Crippen LogP contribution in [0, 0.1) is 0 Å². The summed E-state index contributed by atoms with van der Waals surface area (Å²) in [5.41, 5.74) is 10.7. The van der Waals surface area contributed by atoms with Crippen LogP contribution in [0.5, 0.6) is 0 Å². The third-order valence-electron chi connectivity index (χ3n) is 4.68. The summed E-state index contributed by atoms with van der Waals surface area (Å²) in [4.78, 5) is 0. The first kappa shape index (κ1) is 11.1. The van der Waals surface area contributed by atoms with Gasteiger partial charge in [0.2, 0.25) is 0 Å². The van der Waals surface area contributed by atoms with Crippen LogP contribution in [0.3, 0.4) is 0 Å². The standard InChI is InChI=1S/C15H17BrN2/c16-11-6-10-2-1-5-18-8-13(12(7-11)14(10)18)15(9-17)3-4-15/h6-8H,1-5,9,17H2. The number of benzene rings is 1. The summed E-state index contributed by atoms with van der Waals surface area (Å²) in [7, 11) is 0. The van der Waals surface area contributed by atoms with Gasteiger partial charge in [-0.3, -0.25) is 0 Å². The number of hydrogen-bond acceptors (Lipinski definition) is 1. The van der Waals surface area contributed by atoms with Gasteiger partial charge < -0.3 is 10.3 Å². The first-order chi connectivity index (χ1) is 8.73. The van der Waals surface area contributed by atoms with E-state index in [1.54, 1.807) is 0 Å². The van der Waals surface area contributed by atoms with Gasteiger partial charge in [0, 0.05) is 34.6 Å². The predicted molar refractivity (Wildman–Crippen MR) is 77.9 cm³/mol. The maximum atomic E-state index is 6.01. The molecule has 2 N–H and O–H groups in total. The molecule has 1 aliphatic heterocycles. The van der Waals surface area contributed by atoms with Crippen molar-refractivity contribution in [1.29, 1.82) is 0 Å². The van der Waals surface area contributed by atoms with Crippen LogP contribution in [0.15, 0.2) is 22.8 Å². The second-order valence-electron chi connectivity index (χ2n) is 5.79. The van der Waals surface area contributed by atoms with Crippen LogP contribution >= 0.6 is 15.9 Å². The Morgan fingerprint density at radius 3 is 2.89 bits per heavy atom. The van der Waals surface area contributed by atoms with Crippen LogP contribution < -0.4 is 5.73 Å². The molecule has 0 saturated heterocycles. The van der Waals surface area contributed by atoms with Crippen LogP contribution in [0.4, 0.5) is 0 Å². The maximum Gasteiger partial charge on any atom is 0.0516 e. The Morgan fingerprint density at radius 1 is 1.33 bits per heavy atom. The molecule has 1 fully saturated rings. The lowest BCUT2D eigenvalue weighted by Crippen LogP contribution is -2.19. The number of hydrogen-bond donors (Lipinski definition) is 1. The molecule has 2 heterocycles. The van der Waals surface area contributed by atoms with Crippen molar-refractivity contribution in [2.75, 3.05) is 6.54 Å². The SMILES string of the molecule is NCC1(c2cn3c4c(cc(Br)cc24)CCC3)CC1. The minimum absolute atomic E-state index is 0.284. The Bertz CT molecular complexity index is 637. The van der Waals surface area contributed by atoms with Gasteiger partial charge in [0.05, 0.1) is 5.52 Å². The lowest BCUT2D eigenvalue weighted by molar-refractivity contribution is 0.628. The molecular formula is C15H17BrN2. The summed E-state index contributed by atoms with van der Waals surface area (Å²) in [6.45, 7) is 1.94. The van der Waals surface area contributed by atoms with Gasteiger partial charge in [-0.15, -0.1) is 0 Å². The van der Waals surface area contributed by atoms with E-state index in [2.05, 4.69) is 38.8 Å². The zero-order chi connectivity index (χ0) is 12.3. The Morgan fingerprint density at radius 2 is 2.17 bits per heavy atom. The molecule has 4 rings (SSSR count). The van der Waals surface area contributed by atoms with Crippen molar-refractivity contribution in [3.8, 4) is 0 Å². The van der Waals surface area contributed by atoms with Gasteiger partial charge in [-0.05, 0) is 48.9 Å². The quantitative estimate of drug-likeness (QED) is 0.906. The smallest absolute Gasteiger partial charge is 0.0516 e. The van der Waals surface area contributed by atoms with Crippen molar-refractivity contribution >= 4 is 26.8 Å². The van der Waals surface area contributed by atoms with Gasteiger partial charge in [0.25, 0.3) is 0 Å². The van der Waals surface area contributed by atoms with Gasteiger partial charge >= 0.3 is 0 Å². The second-order valence-corrected chi connectivity index (χ2v) is 6.70. The first-order valence-electron chi connectivity index (χ1n) is 6.75. The highest BCUT2D eigenvalue weighted by Crippen LogP contribution is 2.51. The zero-order valence-corrected chi connectivity index (χ0v) is 12.0. The van der Waals surface area contributed by atoms with E-state index in [0.29, 0.717) is 0 Å². The zero-order valence-electron chi connectivity index (χ0n) is 10.4. The molecule has 0 radical (unpaired) electrons. The van der Waals surface area contributed by atoms with Gasteiger partial charge in [-0.1, -0.05) is 15.9 Å². The van der Waals surface area contributed by atoms with Crippen LogP contribution in [-0.4, -0.2) is 11.1 Å². The maximum absolute atomic E-state index is 6.01. The van der Waals surface area contributed by atoms with Crippen molar-refractivity contribution in [3.05, 3.63) is 33.9 Å². The summed E-state index contributed by atoms with van der Waals surface area (Å²) in [6.07, 6.45) is 7.34. The highest BCUT2D eigenvalue weighted by Gasteiger charge is 2.45. The van der Waals surface area contributed by atoms with E-state index in [1.807, 2.05) is 0 Å². The van der Waals surface area contributed by atoms with E-state index in [0.717, 1.165) is 13.1 Å². The monoisotopic (exact) mass is 304 g/mol. The molecule has 0 atom stereocenters. The lowest BCUT2D eigenvalue weighted by Gasteiger charge is -2.15. The molecule has 1 aromatic carbocycles. The average molecular weight is 305 g/mol. The number of nitrogens with two attached hydrogens (primary N) is 1. The molecule has 0 spiro atoms. The van der Waals surface area contributed by atoms with E-state index in [1.165, 1.54) is 52.2 Å². The minimum atomic E-state index is 0.284. The topological polar surface area (TPSA) is 30.9 Å². The van der Waals surface area contributed by atoms with E-state index in [-0.39, 0.29) is 5.41 Å². The van der Waals surface area contributed by atoms with Gasteiger partial charge in [-0.2, -0.15) is 0 Å². The lowest BCUT2D eigenvalue weighted by atomic mass is 9.94. The molecule has 3 heteroatoms. The van der Waals surface area contributed by atoms with E-state index < -0.39 is 0 Å². The number of rotatable bonds is 2. The highest BCUT2D eigenvalue weighted by molar-refractivity contribution is 9.10. The number of halogens is 1. The molecule has 1 saturated carbocycles. The van der Waals surface area contributed by atoms with Gasteiger partial charge in [0.15, 0.2) is 0 Å². The Labute approximate surface area is 115 Å². The van der Waals surface area contributed by atoms with Crippen LogP contribution in [0.2, 0.25) is 0 Å². The van der Waals surface area contributed by atoms with Crippen molar-refractivity contribution in [2.45, 2.75) is 37.6 Å². The van der Waals surface area contributed by atoms with Crippen LogP contribution in [0.1, 0.15) is 30.4 Å². The molecule has 0 unspecified atom stereocenters. The Kier molecular flexibility index (Phi) is 2.22. The first-order valence-corrected chi connectivity index (χ1v) is 7.55. The molecule has 2 aliphatic rings. The van der Waals surface area contributed by atoms with E-state index in [9.17, 15) is 0 Å². The number of nitrogens with zero attached hydrogens (tertiary/aromatic N) is 1. The second kappa shape index (κ2) is 3.61. The van der Waals surface area contributed by atoms with Gasteiger partial charge in [-0.25, -0.2) is 0 Å². The average Bonchev–Trinajstić information content (AvgIpc) is 3.08. The fourth-order valence-electron chi connectivity index (χ4n) is 3.45. The molecule has 2 nitrogen and oxygen atoms in total. The molecular weight excluding hydrogens is 288 g/mol. The Hall–Kier alpha value is -0.800. The summed E-state index contributed by atoms with van der Waals surface area (Å²) in [5.74, 6) is 0. The normalized spacial score (nSPS) is 20.3. The van der Waals surface area contributed by atoms with E-state index in [4.69, 9.17) is 5.73 Å². The number of aryl methyl sites for hydroxylation is 2. The highest BCUT2D eigenvalue weighted by atomic mass is 79.9. The largest absolute Gasteiger partial charge is 0.347 e. The number of aromatic nitrogens is 1. The summed E-state index contributed by atoms with van der Waals surface area (Å²) < 4.78 is 3.66. The fraction of sp³-hybridized carbons (Fsp3) is 0.467. The Balaban J connectivity index is 2.06. The minimum Gasteiger partial charge on any atom is -0.347 e. The van der Waals surface area contributed by atoms with Crippen LogP contribution in [0.25, 0.3) is 10.9 Å². The molecule has 0 amide bonds. The molecule has 1 aromatic heterocycles.